The van der Waals surface area contributed by atoms with Crippen molar-refractivity contribution in [3.05, 3.63) is 0 Å². The lowest BCUT2D eigenvalue weighted by Gasteiger charge is -2.29. The van der Waals surface area contributed by atoms with Crippen LogP contribution in [0.5, 0.6) is 0 Å². The molecule has 15 heavy (non-hydrogen) atoms. The van der Waals surface area contributed by atoms with Crippen LogP contribution in [0, 0.1) is 0 Å². The van der Waals surface area contributed by atoms with Crippen LogP contribution in [0.2, 0.25) is 0 Å². The summed E-state index contributed by atoms with van der Waals surface area (Å²) >= 11 is 0. The van der Waals surface area contributed by atoms with Gasteiger partial charge in [0.15, 0.2) is 0 Å². The zero-order valence-electron chi connectivity index (χ0n) is 9.06. The summed E-state index contributed by atoms with van der Waals surface area (Å²) in [4.78, 5) is 16.4. The van der Waals surface area contributed by atoms with Gasteiger partial charge in [-0.3, -0.25) is 9.69 Å². The maximum Gasteiger partial charge on any atom is 0.224 e. The van der Waals surface area contributed by atoms with Crippen molar-refractivity contribution in [2.45, 2.75) is 43.8 Å². The van der Waals surface area contributed by atoms with Crippen molar-refractivity contribution in [1.82, 2.24) is 9.80 Å². The van der Waals surface area contributed by atoms with Crippen molar-refractivity contribution < 1.29 is 4.79 Å². The molecule has 3 atom stereocenters. The van der Waals surface area contributed by atoms with Gasteiger partial charge in [-0.05, 0) is 25.8 Å². The van der Waals surface area contributed by atoms with Gasteiger partial charge in [-0.2, -0.15) is 0 Å². The highest BCUT2D eigenvalue weighted by Crippen LogP contribution is 2.32. The van der Waals surface area contributed by atoms with Crippen LogP contribution >= 0.6 is 0 Å². The summed E-state index contributed by atoms with van der Waals surface area (Å²) in [5.41, 5.74) is 5.84. The molecule has 1 amide bonds. The maximum absolute atomic E-state index is 11.8. The molecule has 0 radical (unpaired) electrons. The Balaban J connectivity index is 1.74. The van der Waals surface area contributed by atoms with E-state index in [1.165, 1.54) is 25.9 Å². The second-order valence-electron chi connectivity index (χ2n) is 5.11. The Labute approximate surface area is 90.4 Å². The first-order valence-corrected chi connectivity index (χ1v) is 6.05. The van der Waals surface area contributed by atoms with Gasteiger partial charge >= 0.3 is 0 Å². The van der Waals surface area contributed by atoms with E-state index in [1.807, 2.05) is 0 Å². The Hall–Kier alpha value is -0.610. The summed E-state index contributed by atoms with van der Waals surface area (Å²) in [6, 6.07) is 1.18. The van der Waals surface area contributed by atoms with Crippen molar-refractivity contribution in [3.8, 4) is 0 Å². The minimum absolute atomic E-state index is 0.0768. The molecule has 0 spiro atoms. The highest BCUT2D eigenvalue weighted by Gasteiger charge is 2.43. The number of amides is 1. The van der Waals surface area contributed by atoms with E-state index in [9.17, 15) is 4.79 Å². The molecule has 0 aliphatic carbocycles. The third-order valence-corrected chi connectivity index (χ3v) is 4.16. The molecule has 3 heterocycles. The molecular weight excluding hydrogens is 190 g/mol. The first-order valence-electron chi connectivity index (χ1n) is 6.05. The number of rotatable bonds is 1. The molecule has 3 saturated heterocycles. The fraction of sp³-hybridized carbons (Fsp3) is 0.909. The molecule has 3 aliphatic heterocycles. The molecular formula is C11H19N3O. The van der Waals surface area contributed by atoms with Crippen LogP contribution in [0.25, 0.3) is 0 Å². The fourth-order valence-corrected chi connectivity index (χ4v) is 3.50. The second kappa shape index (κ2) is 3.46. The number of hydrogen-bond donors (Lipinski definition) is 1. The lowest BCUT2D eigenvalue weighted by atomic mass is 10.1. The van der Waals surface area contributed by atoms with Gasteiger partial charge in [-0.15, -0.1) is 0 Å². The molecule has 3 fully saturated rings. The highest BCUT2D eigenvalue weighted by atomic mass is 16.2. The highest BCUT2D eigenvalue weighted by molar-refractivity contribution is 5.79. The van der Waals surface area contributed by atoms with E-state index in [4.69, 9.17) is 5.73 Å². The van der Waals surface area contributed by atoms with E-state index < -0.39 is 0 Å². The van der Waals surface area contributed by atoms with Crippen LogP contribution in [0.15, 0.2) is 0 Å². The van der Waals surface area contributed by atoms with Gasteiger partial charge in [-0.1, -0.05) is 0 Å². The quantitative estimate of drug-likeness (QED) is 0.649. The first kappa shape index (κ1) is 9.60. The number of carbonyl (C=O) groups excluding carboxylic acids is 1. The average Bonchev–Trinajstić information content (AvgIpc) is 2.80. The van der Waals surface area contributed by atoms with E-state index in [1.54, 1.807) is 0 Å². The summed E-state index contributed by atoms with van der Waals surface area (Å²) in [5.74, 6) is 0.279. The van der Waals surface area contributed by atoms with Crippen LogP contribution in [-0.4, -0.2) is 53.5 Å². The Morgan fingerprint density at radius 2 is 2.07 bits per heavy atom. The smallest absolute Gasteiger partial charge is 0.224 e. The number of nitrogens with two attached hydrogens (primary N) is 1. The predicted molar refractivity (Wildman–Crippen MR) is 57.3 cm³/mol. The fourth-order valence-electron chi connectivity index (χ4n) is 3.50. The predicted octanol–water partition coefficient (Wildman–Crippen LogP) is -0.217. The molecule has 2 N–H and O–H groups in total. The SMILES string of the molecule is NC1CC(=O)N(C2CCN3CCCC23)C1. The minimum Gasteiger partial charge on any atom is -0.336 e. The maximum atomic E-state index is 11.8. The van der Waals surface area contributed by atoms with Gasteiger partial charge in [-0.25, -0.2) is 0 Å². The second-order valence-corrected chi connectivity index (χ2v) is 5.11. The van der Waals surface area contributed by atoms with Crippen molar-refractivity contribution >= 4 is 5.91 Å². The molecule has 0 aromatic heterocycles. The lowest BCUT2D eigenvalue weighted by molar-refractivity contribution is -0.130. The van der Waals surface area contributed by atoms with E-state index in [-0.39, 0.29) is 11.9 Å². The summed E-state index contributed by atoms with van der Waals surface area (Å²) in [5, 5.41) is 0. The molecule has 3 rings (SSSR count). The monoisotopic (exact) mass is 209 g/mol. The topological polar surface area (TPSA) is 49.6 Å². The van der Waals surface area contributed by atoms with Gasteiger partial charge in [0.25, 0.3) is 0 Å². The lowest BCUT2D eigenvalue weighted by Crippen LogP contribution is -2.44. The first-order chi connectivity index (χ1) is 7.25. The molecule has 4 heteroatoms. The summed E-state index contributed by atoms with van der Waals surface area (Å²) < 4.78 is 0. The molecule has 84 valence electrons. The normalized spacial score (nSPS) is 41.5. The van der Waals surface area contributed by atoms with E-state index >= 15 is 0 Å². The Morgan fingerprint density at radius 3 is 2.80 bits per heavy atom. The molecule has 3 unspecified atom stereocenters. The summed E-state index contributed by atoms with van der Waals surface area (Å²) in [7, 11) is 0. The van der Waals surface area contributed by atoms with E-state index in [0.717, 1.165) is 13.0 Å². The summed E-state index contributed by atoms with van der Waals surface area (Å²) in [6.07, 6.45) is 4.28. The third-order valence-electron chi connectivity index (χ3n) is 4.16. The van der Waals surface area contributed by atoms with Gasteiger partial charge in [0.2, 0.25) is 5.91 Å². The Bertz CT molecular complexity index is 281. The van der Waals surface area contributed by atoms with Crippen LogP contribution in [0.3, 0.4) is 0 Å². The average molecular weight is 209 g/mol. The van der Waals surface area contributed by atoms with Crippen LogP contribution in [0.4, 0.5) is 0 Å². The standard InChI is InChI=1S/C11H19N3O/c12-8-6-11(15)14(7-8)10-3-5-13-4-1-2-9(10)13/h8-10H,1-7,12H2. The molecule has 0 saturated carbocycles. The van der Waals surface area contributed by atoms with Crippen LogP contribution < -0.4 is 5.73 Å². The Morgan fingerprint density at radius 1 is 1.20 bits per heavy atom. The third kappa shape index (κ3) is 1.47. The van der Waals surface area contributed by atoms with Gasteiger partial charge < -0.3 is 10.6 Å². The van der Waals surface area contributed by atoms with Crippen molar-refractivity contribution in [3.63, 3.8) is 0 Å². The number of carbonyl (C=O) groups is 1. The van der Waals surface area contributed by atoms with Gasteiger partial charge in [0, 0.05) is 37.6 Å². The summed E-state index contributed by atoms with van der Waals surface area (Å²) in [6.45, 7) is 3.19. The molecule has 0 aromatic carbocycles. The van der Waals surface area contributed by atoms with Crippen molar-refractivity contribution in [1.29, 1.82) is 0 Å². The molecule has 4 nitrogen and oxygen atoms in total. The molecule has 3 aliphatic rings. The number of nitrogens with zero attached hydrogens (tertiary/aromatic N) is 2. The van der Waals surface area contributed by atoms with Crippen LogP contribution in [-0.2, 0) is 4.79 Å². The van der Waals surface area contributed by atoms with E-state index in [0.29, 0.717) is 18.5 Å². The molecule has 0 aromatic rings. The molecule has 0 bridgehead atoms. The minimum atomic E-state index is 0.0768. The van der Waals surface area contributed by atoms with Crippen LogP contribution in [0.1, 0.15) is 25.7 Å². The van der Waals surface area contributed by atoms with Gasteiger partial charge in [0.05, 0.1) is 0 Å². The number of likely N-dealkylation sites (tertiary alicyclic amines) is 1. The Kier molecular flexibility index (Phi) is 2.21. The zero-order valence-corrected chi connectivity index (χ0v) is 9.06. The zero-order chi connectivity index (χ0) is 10.4. The largest absolute Gasteiger partial charge is 0.336 e. The number of hydrogen-bond acceptors (Lipinski definition) is 3. The van der Waals surface area contributed by atoms with Crippen molar-refractivity contribution in [2.75, 3.05) is 19.6 Å². The van der Waals surface area contributed by atoms with Crippen molar-refractivity contribution in [2.24, 2.45) is 5.73 Å². The number of fused-ring (bicyclic) bond motifs is 1. The van der Waals surface area contributed by atoms with Gasteiger partial charge in [0.1, 0.15) is 0 Å². The van der Waals surface area contributed by atoms with E-state index in [2.05, 4.69) is 9.80 Å².